The first-order valence-electron chi connectivity index (χ1n) is 6.64. The Bertz CT molecular complexity index is 469. The van der Waals surface area contributed by atoms with E-state index in [-0.39, 0.29) is 24.4 Å². The highest BCUT2D eigenvalue weighted by Gasteiger charge is 2.23. The lowest BCUT2D eigenvalue weighted by molar-refractivity contribution is -0.121. The Morgan fingerprint density at radius 2 is 1.85 bits per heavy atom. The van der Waals surface area contributed by atoms with Crippen molar-refractivity contribution in [1.29, 1.82) is 0 Å². The summed E-state index contributed by atoms with van der Waals surface area (Å²) < 4.78 is 11.1. The molecule has 0 heterocycles. The number of amides is 1. The second-order valence-electron chi connectivity index (χ2n) is 5.40. The van der Waals surface area contributed by atoms with Crippen LogP contribution in [0.25, 0.3) is 0 Å². The second-order valence-corrected chi connectivity index (χ2v) is 7.10. The number of nitrogens with one attached hydrogen (secondary N) is 1. The Kier molecular flexibility index (Phi) is 6.40. The van der Waals surface area contributed by atoms with Gasteiger partial charge in [0, 0.05) is 6.04 Å². The molecule has 1 amide bonds. The molecular formula is C14H22NO4P. The van der Waals surface area contributed by atoms with Crippen LogP contribution in [0, 0.1) is 5.92 Å². The predicted molar refractivity (Wildman–Crippen MR) is 78.4 cm³/mol. The average Bonchev–Trinajstić information content (AvgIpc) is 2.26. The smallest absolute Gasteiger partial charge is 0.327 e. The van der Waals surface area contributed by atoms with Crippen LogP contribution in [0.2, 0.25) is 0 Å². The zero-order chi connectivity index (χ0) is 15.2. The van der Waals surface area contributed by atoms with Crippen molar-refractivity contribution < 1.29 is 19.1 Å². The summed E-state index contributed by atoms with van der Waals surface area (Å²) in [5.41, 5.74) is 0.879. The molecule has 0 unspecified atom stereocenters. The third-order valence-corrected chi connectivity index (χ3v) is 3.70. The molecule has 1 aromatic rings. The first-order valence-corrected chi connectivity index (χ1v) is 8.44. The molecule has 112 valence electrons. The Morgan fingerprint density at radius 3 is 2.35 bits per heavy atom. The first kappa shape index (κ1) is 16.9. The summed E-state index contributed by atoms with van der Waals surface area (Å²) >= 11 is 0. The topological polar surface area (TPSA) is 86.6 Å². The molecule has 0 bridgehead atoms. The van der Waals surface area contributed by atoms with Gasteiger partial charge in [0.2, 0.25) is 5.91 Å². The van der Waals surface area contributed by atoms with Crippen molar-refractivity contribution in [3.05, 3.63) is 35.9 Å². The van der Waals surface area contributed by atoms with Crippen molar-refractivity contribution >= 4 is 13.5 Å². The van der Waals surface area contributed by atoms with Crippen LogP contribution in [0.1, 0.15) is 25.8 Å². The van der Waals surface area contributed by atoms with E-state index in [1.165, 1.54) is 0 Å². The fourth-order valence-electron chi connectivity index (χ4n) is 2.10. The molecule has 0 spiro atoms. The Balaban J connectivity index is 2.59. The predicted octanol–water partition coefficient (Wildman–Crippen LogP) is 1.94. The summed E-state index contributed by atoms with van der Waals surface area (Å²) in [6.45, 7) is 3.91. The van der Waals surface area contributed by atoms with Crippen molar-refractivity contribution in [2.75, 3.05) is 6.16 Å². The molecule has 0 saturated heterocycles. The van der Waals surface area contributed by atoms with E-state index in [0.717, 1.165) is 5.56 Å². The molecule has 20 heavy (non-hydrogen) atoms. The number of hydrogen-bond donors (Lipinski definition) is 3. The number of carbonyl (C=O) groups excluding carboxylic acids is 1. The highest BCUT2D eigenvalue weighted by molar-refractivity contribution is 7.51. The minimum atomic E-state index is -4.13. The van der Waals surface area contributed by atoms with E-state index in [9.17, 15) is 9.36 Å². The van der Waals surface area contributed by atoms with Gasteiger partial charge in [-0.1, -0.05) is 44.2 Å². The maximum atomic E-state index is 11.9. The van der Waals surface area contributed by atoms with Crippen LogP contribution < -0.4 is 5.32 Å². The molecule has 0 aliphatic heterocycles. The van der Waals surface area contributed by atoms with E-state index in [1.807, 2.05) is 44.2 Å². The van der Waals surface area contributed by atoms with Gasteiger partial charge in [0.15, 0.2) is 0 Å². The number of benzene rings is 1. The molecule has 1 rings (SSSR count). The van der Waals surface area contributed by atoms with Crippen LogP contribution in [0.5, 0.6) is 0 Å². The van der Waals surface area contributed by atoms with Gasteiger partial charge < -0.3 is 15.1 Å². The summed E-state index contributed by atoms with van der Waals surface area (Å²) in [6, 6.07) is 8.77. The van der Waals surface area contributed by atoms with E-state index in [1.54, 1.807) is 0 Å². The Morgan fingerprint density at radius 1 is 1.25 bits per heavy atom. The Hall–Kier alpha value is -1.16. The fraction of sp³-hybridized carbons (Fsp3) is 0.500. The van der Waals surface area contributed by atoms with Crippen molar-refractivity contribution in [3.63, 3.8) is 0 Å². The summed E-state index contributed by atoms with van der Waals surface area (Å²) in [7, 11) is -4.13. The highest BCUT2D eigenvalue weighted by atomic mass is 31.2. The van der Waals surface area contributed by atoms with Gasteiger partial charge in [-0.05, 0) is 17.9 Å². The lowest BCUT2D eigenvalue weighted by Gasteiger charge is -2.21. The maximum absolute atomic E-state index is 11.9. The van der Waals surface area contributed by atoms with Crippen LogP contribution in [-0.2, 0) is 15.8 Å². The van der Waals surface area contributed by atoms with Gasteiger partial charge in [0.1, 0.15) is 0 Å². The summed E-state index contributed by atoms with van der Waals surface area (Å²) in [5.74, 6) is 0.0406. The van der Waals surface area contributed by atoms with Crippen LogP contribution in [0.4, 0.5) is 0 Å². The number of hydrogen-bond acceptors (Lipinski definition) is 2. The monoisotopic (exact) mass is 299 g/mol. The van der Waals surface area contributed by atoms with Gasteiger partial charge in [0.05, 0.1) is 12.6 Å². The van der Waals surface area contributed by atoms with Crippen LogP contribution in [0.15, 0.2) is 30.3 Å². The molecule has 3 N–H and O–H groups in total. The Labute approximate surface area is 119 Å². The third kappa shape index (κ3) is 7.43. The molecule has 0 radical (unpaired) electrons. The number of carbonyl (C=O) groups is 1. The molecular weight excluding hydrogens is 277 g/mol. The van der Waals surface area contributed by atoms with Gasteiger partial charge in [-0.15, -0.1) is 0 Å². The zero-order valence-electron chi connectivity index (χ0n) is 11.8. The van der Waals surface area contributed by atoms with Crippen LogP contribution in [-0.4, -0.2) is 27.9 Å². The molecule has 5 nitrogen and oxygen atoms in total. The minimum Gasteiger partial charge on any atom is -0.352 e. The lowest BCUT2D eigenvalue weighted by atomic mass is 10.0. The van der Waals surface area contributed by atoms with Crippen LogP contribution >= 0.6 is 7.60 Å². The summed E-state index contributed by atoms with van der Waals surface area (Å²) in [4.78, 5) is 30.1. The number of rotatable bonds is 7. The van der Waals surface area contributed by atoms with Gasteiger partial charge in [-0.3, -0.25) is 9.36 Å². The molecule has 0 saturated carbocycles. The fourth-order valence-corrected chi connectivity index (χ4v) is 2.91. The molecule has 1 aromatic carbocycles. The maximum Gasteiger partial charge on any atom is 0.327 e. The van der Waals surface area contributed by atoms with Crippen molar-refractivity contribution in [1.82, 2.24) is 5.32 Å². The molecule has 0 aliphatic carbocycles. The minimum absolute atomic E-state index is 0.213. The molecule has 0 aromatic heterocycles. The molecule has 0 aliphatic rings. The first-order chi connectivity index (χ1) is 9.26. The highest BCUT2D eigenvalue weighted by Crippen LogP contribution is 2.36. The van der Waals surface area contributed by atoms with Gasteiger partial charge in [-0.25, -0.2) is 0 Å². The van der Waals surface area contributed by atoms with Crippen molar-refractivity contribution in [2.24, 2.45) is 5.92 Å². The SMILES string of the molecule is CC(C)C[C@H](CP(=O)(O)O)NC(=O)Cc1ccccc1. The van der Waals surface area contributed by atoms with Crippen molar-refractivity contribution in [3.8, 4) is 0 Å². The van der Waals surface area contributed by atoms with E-state index in [4.69, 9.17) is 9.79 Å². The van der Waals surface area contributed by atoms with Gasteiger partial charge in [-0.2, -0.15) is 0 Å². The van der Waals surface area contributed by atoms with E-state index < -0.39 is 13.6 Å². The zero-order valence-corrected chi connectivity index (χ0v) is 12.7. The van der Waals surface area contributed by atoms with E-state index >= 15 is 0 Å². The summed E-state index contributed by atoms with van der Waals surface area (Å²) in [5, 5.41) is 2.72. The molecule has 1 atom stereocenters. The van der Waals surface area contributed by atoms with E-state index in [0.29, 0.717) is 6.42 Å². The second kappa shape index (κ2) is 7.58. The lowest BCUT2D eigenvalue weighted by Crippen LogP contribution is -2.39. The van der Waals surface area contributed by atoms with Gasteiger partial charge >= 0.3 is 7.60 Å². The van der Waals surface area contributed by atoms with Crippen LogP contribution in [0.3, 0.4) is 0 Å². The largest absolute Gasteiger partial charge is 0.352 e. The average molecular weight is 299 g/mol. The summed E-state index contributed by atoms with van der Waals surface area (Å²) in [6.07, 6.45) is 0.452. The van der Waals surface area contributed by atoms with Gasteiger partial charge in [0.25, 0.3) is 0 Å². The quantitative estimate of drug-likeness (QED) is 0.672. The standard InChI is InChI=1S/C14H22NO4P/c1-11(2)8-13(10-20(17,18)19)15-14(16)9-12-6-4-3-5-7-12/h3-7,11,13H,8-10H2,1-2H3,(H,15,16)(H2,17,18,19)/t13-/m1/s1. The van der Waals surface area contributed by atoms with Crippen molar-refractivity contribution in [2.45, 2.75) is 32.7 Å². The third-order valence-electron chi connectivity index (χ3n) is 2.79. The molecule has 0 fully saturated rings. The van der Waals surface area contributed by atoms with E-state index in [2.05, 4.69) is 5.32 Å². The normalized spacial score (nSPS) is 13.2. The molecule has 6 heteroatoms.